The van der Waals surface area contributed by atoms with Crippen molar-refractivity contribution in [1.82, 2.24) is 15.6 Å². The molecule has 0 spiro atoms. The Morgan fingerprint density at radius 2 is 2.00 bits per heavy atom. The fourth-order valence-corrected chi connectivity index (χ4v) is 1.91. The zero-order chi connectivity index (χ0) is 15.9. The number of rotatable bonds is 6. The summed E-state index contributed by atoms with van der Waals surface area (Å²) in [5.74, 6) is 2.01. The van der Waals surface area contributed by atoms with E-state index in [0.29, 0.717) is 24.7 Å². The lowest BCUT2D eigenvalue weighted by Crippen LogP contribution is -2.35. The number of nitrogens with zero attached hydrogens (tertiary/aromatic N) is 1. The molecule has 0 unspecified atom stereocenters. The summed E-state index contributed by atoms with van der Waals surface area (Å²) >= 11 is 0. The monoisotopic (exact) mass is 303 g/mol. The van der Waals surface area contributed by atoms with Crippen molar-refractivity contribution in [1.29, 1.82) is 0 Å². The molecule has 0 radical (unpaired) electrons. The minimum atomic E-state index is -0.199. The molecule has 6 nitrogen and oxygen atoms in total. The van der Waals surface area contributed by atoms with Gasteiger partial charge >= 0.3 is 6.03 Å². The van der Waals surface area contributed by atoms with Crippen molar-refractivity contribution in [2.24, 2.45) is 0 Å². The second-order valence-corrected chi connectivity index (χ2v) is 4.86. The predicted octanol–water partition coefficient (Wildman–Crippen LogP) is 2.87. The van der Waals surface area contributed by atoms with Gasteiger partial charge in [-0.15, -0.1) is 0 Å². The van der Waals surface area contributed by atoms with Gasteiger partial charge in [-0.2, -0.15) is 0 Å². The second kappa shape index (κ2) is 7.49. The van der Waals surface area contributed by atoms with E-state index in [1.807, 2.05) is 38.1 Å². The Labute approximate surface area is 129 Å². The van der Waals surface area contributed by atoms with Gasteiger partial charge in [-0.05, 0) is 37.6 Å². The standard InChI is InChI=1S/C16H21N3O3/c1-4-9-17-16(20)18-10-14-11(2)22-15(19-14)12-5-7-13(21-3)8-6-12/h5-8H,4,9-10H2,1-3H3,(H2,17,18,20). The van der Waals surface area contributed by atoms with Crippen molar-refractivity contribution in [3.05, 3.63) is 35.7 Å². The van der Waals surface area contributed by atoms with Crippen LogP contribution in [-0.4, -0.2) is 24.7 Å². The Hall–Kier alpha value is -2.50. The van der Waals surface area contributed by atoms with Gasteiger partial charge in [0, 0.05) is 12.1 Å². The molecule has 0 saturated heterocycles. The molecule has 0 fully saturated rings. The van der Waals surface area contributed by atoms with Crippen molar-refractivity contribution < 1.29 is 13.9 Å². The topological polar surface area (TPSA) is 76.4 Å². The van der Waals surface area contributed by atoms with Crippen LogP contribution in [0.25, 0.3) is 11.5 Å². The second-order valence-electron chi connectivity index (χ2n) is 4.86. The highest BCUT2D eigenvalue weighted by Gasteiger charge is 2.12. The van der Waals surface area contributed by atoms with E-state index in [-0.39, 0.29) is 6.03 Å². The number of amides is 2. The van der Waals surface area contributed by atoms with Gasteiger partial charge in [-0.25, -0.2) is 9.78 Å². The van der Waals surface area contributed by atoms with Crippen LogP contribution in [0, 0.1) is 6.92 Å². The van der Waals surface area contributed by atoms with Crippen LogP contribution in [0.4, 0.5) is 4.79 Å². The maximum Gasteiger partial charge on any atom is 0.315 e. The largest absolute Gasteiger partial charge is 0.497 e. The third-order valence-corrected chi connectivity index (χ3v) is 3.18. The molecule has 22 heavy (non-hydrogen) atoms. The summed E-state index contributed by atoms with van der Waals surface area (Å²) in [5.41, 5.74) is 1.59. The maximum atomic E-state index is 11.5. The molecule has 118 valence electrons. The molecule has 1 aromatic heterocycles. The molecule has 1 aromatic carbocycles. The van der Waals surface area contributed by atoms with Crippen molar-refractivity contribution in [3.63, 3.8) is 0 Å². The molecule has 0 aliphatic heterocycles. The van der Waals surface area contributed by atoms with Crippen LogP contribution in [0.15, 0.2) is 28.7 Å². The third-order valence-electron chi connectivity index (χ3n) is 3.18. The summed E-state index contributed by atoms with van der Waals surface area (Å²) < 4.78 is 10.8. The highest BCUT2D eigenvalue weighted by Crippen LogP contribution is 2.23. The number of hydrogen-bond acceptors (Lipinski definition) is 4. The summed E-state index contributed by atoms with van der Waals surface area (Å²) in [5, 5.41) is 5.52. The Kier molecular flexibility index (Phi) is 5.41. The Morgan fingerprint density at radius 1 is 1.27 bits per heavy atom. The summed E-state index contributed by atoms with van der Waals surface area (Å²) in [4.78, 5) is 16.0. The molecular weight excluding hydrogens is 282 g/mol. The summed E-state index contributed by atoms with van der Waals surface area (Å²) in [6.07, 6.45) is 0.901. The maximum absolute atomic E-state index is 11.5. The van der Waals surface area contributed by atoms with Crippen LogP contribution in [0.2, 0.25) is 0 Å². The smallest absolute Gasteiger partial charge is 0.315 e. The van der Waals surface area contributed by atoms with E-state index in [4.69, 9.17) is 9.15 Å². The number of aryl methyl sites for hydroxylation is 1. The number of ether oxygens (including phenoxy) is 1. The number of nitrogens with one attached hydrogen (secondary N) is 2. The molecular formula is C16H21N3O3. The van der Waals surface area contributed by atoms with Crippen LogP contribution in [-0.2, 0) is 6.54 Å². The van der Waals surface area contributed by atoms with E-state index in [9.17, 15) is 4.79 Å². The van der Waals surface area contributed by atoms with E-state index in [0.717, 1.165) is 23.4 Å². The predicted molar refractivity (Wildman–Crippen MR) is 83.8 cm³/mol. The number of methoxy groups -OCH3 is 1. The summed E-state index contributed by atoms with van der Waals surface area (Å²) in [7, 11) is 1.62. The van der Waals surface area contributed by atoms with Gasteiger partial charge in [0.2, 0.25) is 5.89 Å². The molecule has 2 N–H and O–H groups in total. The first-order chi connectivity index (χ1) is 10.6. The Bertz CT molecular complexity index is 620. The molecule has 2 amide bonds. The van der Waals surface area contributed by atoms with E-state index in [1.54, 1.807) is 7.11 Å². The van der Waals surface area contributed by atoms with Gasteiger partial charge in [0.1, 0.15) is 17.2 Å². The van der Waals surface area contributed by atoms with Gasteiger partial charge in [-0.1, -0.05) is 6.92 Å². The first kappa shape index (κ1) is 15.9. The minimum Gasteiger partial charge on any atom is -0.497 e. The van der Waals surface area contributed by atoms with Gasteiger partial charge < -0.3 is 19.8 Å². The number of urea groups is 1. The van der Waals surface area contributed by atoms with Crippen molar-refractivity contribution >= 4 is 6.03 Å². The number of carbonyl (C=O) groups excluding carboxylic acids is 1. The average Bonchev–Trinajstić information content (AvgIpc) is 2.92. The quantitative estimate of drug-likeness (QED) is 0.860. The number of carbonyl (C=O) groups is 1. The van der Waals surface area contributed by atoms with E-state index < -0.39 is 0 Å². The van der Waals surface area contributed by atoms with Crippen molar-refractivity contribution in [2.45, 2.75) is 26.8 Å². The fourth-order valence-electron chi connectivity index (χ4n) is 1.91. The zero-order valence-electron chi connectivity index (χ0n) is 13.1. The van der Waals surface area contributed by atoms with Gasteiger partial charge in [0.15, 0.2) is 0 Å². The lowest BCUT2D eigenvalue weighted by Gasteiger charge is -2.04. The minimum absolute atomic E-state index is 0.199. The average molecular weight is 303 g/mol. The van der Waals surface area contributed by atoms with Gasteiger partial charge in [0.25, 0.3) is 0 Å². The van der Waals surface area contributed by atoms with E-state index >= 15 is 0 Å². The summed E-state index contributed by atoms with van der Waals surface area (Å²) in [6, 6.07) is 7.27. The van der Waals surface area contributed by atoms with Crippen LogP contribution < -0.4 is 15.4 Å². The van der Waals surface area contributed by atoms with Crippen LogP contribution in [0.1, 0.15) is 24.8 Å². The van der Waals surface area contributed by atoms with Crippen LogP contribution in [0.3, 0.4) is 0 Å². The SMILES string of the molecule is CCCNC(=O)NCc1nc(-c2ccc(OC)cc2)oc1C. The number of aromatic nitrogens is 1. The number of hydrogen-bond donors (Lipinski definition) is 2. The number of benzene rings is 1. The lowest BCUT2D eigenvalue weighted by atomic mass is 10.2. The highest BCUT2D eigenvalue weighted by atomic mass is 16.5. The van der Waals surface area contributed by atoms with E-state index in [2.05, 4.69) is 15.6 Å². The molecule has 0 saturated carbocycles. The Morgan fingerprint density at radius 3 is 2.64 bits per heavy atom. The molecule has 0 aliphatic carbocycles. The third kappa shape index (κ3) is 4.00. The molecule has 0 atom stereocenters. The van der Waals surface area contributed by atoms with Crippen LogP contribution >= 0.6 is 0 Å². The highest BCUT2D eigenvalue weighted by molar-refractivity contribution is 5.73. The van der Waals surface area contributed by atoms with E-state index in [1.165, 1.54) is 0 Å². The van der Waals surface area contributed by atoms with Gasteiger partial charge in [-0.3, -0.25) is 0 Å². The fraction of sp³-hybridized carbons (Fsp3) is 0.375. The summed E-state index contributed by atoms with van der Waals surface area (Å²) in [6.45, 7) is 4.83. The van der Waals surface area contributed by atoms with Crippen LogP contribution in [0.5, 0.6) is 5.75 Å². The zero-order valence-corrected chi connectivity index (χ0v) is 13.1. The normalized spacial score (nSPS) is 10.3. The first-order valence-electron chi connectivity index (χ1n) is 7.26. The van der Waals surface area contributed by atoms with Crippen molar-refractivity contribution in [2.75, 3.05) is 13.7 Å². The number of oxazole rings is 1. The molecule has 2 rings (SSSR count). The molecule has 2 aromatic rings. The lowest BCUT2D eigenvalue weighted by molar-refractivity contribution is 0.240. The molecule has 0 bridgehead atoms. The van der Waals surface area contributed by atoms with Gasteiger partial charge in [0.05, 0.1) is 13.7 Å². The first-order valence-corrected chi connectivity index (χ1v) is 7.26. The molecule has 6 heteroatoms. The Balaban J connectivity index is 2.02. The molecule has 0 aliphatic rings. The molecule has 1 heterocycles. The van der Waals surface area contributed by atoms with Crippen molar-refractivity contribution in [3.8, 4) is 17.2 Å².